The molecule has 1 aliphatic rings. The zero-order valence-electron chi connectivity index (χ0n) is 28.7. The molecule has 0 atom stereocenters. The van der Waals surface area contributed by atoms with Gasteiger partial charge in [0.15, 0.2) is 0 Å². The summed E-state index contributed by atoms with van der Waals surface area (Å²) in [6.07, 6.45) is 5.15. The molecular formula is C40H46CoN3O4-. The molecule has 3 aromatic carbocycles. The number of carboxylic acid groups (broad SMARTS) is 1. The molecule has 1 radical (unpaired) electrons. The molecule has 0 saturated heterocycles. The number of hydrogen-bond donors (Lipinski definition) is 2. The monoisotopic (exact) mass is 691 g/mol. The second-order valence-corrected chi connectivity index (χ2v) is 12.7. The topological polar surface area (TPSA) is 118 Å². The predicted octanol–water partition coefficient (Wildman–Crippen LogP) is 9.82. The van der Waals surface area contributed by atoms with E-state index in [1.807, 2.05) is 44.2 Å². The number of carbonyl (C=O) groups is 1. The van der Waals surface area contributed by atoms with Crippen molar-refractivity contribution in [2.75, 3.05) is 0 Å². The van der Waals surface area contributed by atoms with Crippen molar-refractivity contribution in [1.82, 2.24) is 4.98 Å². The van der Waals surface area contributed by atoms with Gasteiger partial charge < -0.3 is 15.3 Å². The van der Waals surface area contributed by atoms with E-state index in [-0.39, 0.29) is 28.3 Å². The third kappa shape index (κ3) is 9.64. The number of hydrogen-bond acceptors (Lipinski definition) is 6. The van der Waals surface area contributed by atoms with Gasteiger partial charge in [0, 0.05) is 16.8 Å². The van der Waals surface area contributed by atoms with Gasteiger partial charge in [0.25, 0.3) is 0 Å². The summed E-state index contributed by atoms with van der Waals surface area (Å²) >= 11 is 0. The number of pyridine rings is 1. The maximum atomic E-state index is 11.6. The maximum Gasteiger partial charge on any atom is 0.335 e. The fourth-order valence-corrected chi connectivity index (χ4v) is 6.03. The van der Waals surface area contributed by atoms with Crippen LogP contribution in [0.3, 0.4) is 0 Å². The largest absolute Gasteiger partial charge is 0.869 e. The zero-order chi connectivity index (χ0) is 34.1. The van der Waals surface area contributed by atoms with Crippen molar-refractivity contribution >= 4 is 28.8 Å². The Labute approximate surface area is 295 Å². The van der Waals surface area contributed by atoms with Crippen LogP contribution in [0.15, 0.2) is 88.8 Å². The summed E-state index contributed by atoms with van der Waals surface area (Å²) in [5, 5.41) is 30.0. The van der Waals surface area contributed by atoms with Crippen molar-refractivity contribution in [3.63, 3.8) is 0 Å². The number of carboxylic acids is 1. The number of phenols is 1. The van der Waals surface area contributed by atoms with Gasteiger partial charge in [0.2, 0.25) is 0 Å². The minimum atomic E-state index is -1.24. The van der Waals surface area contributed by atoms with Gasteiger partial charge in [-0.15, -0.1) is 0 Å². The van der Waals surface area contributed by atoms with Gasteiger partial charge in [-0.2, -0.15) is 0 Å². The Morgan fingerprint density at radius 2 is 1.23 bits per heavy atom. The molecule has 255 valence electrons. The molecule has 0 bridgehead atoms. The Kier molecular flexibility index (Phi) is 14.1. The maximum absolute atomic E-state index is 11.6. The SMILES string of the molecule is CC(=Nc1ccccc1C(C)C)c1cccc(C(C)=Nc2ccccc2C(C)C)n1.O=C(O)c1c(C2CCCCC2)ccc(O)c1[O-].[Co]. The fourth-order valence-electron chi connectivity index (χ4n) is 6.03. The molecule has 1 fully saturated rings. The van der Waals surface area contributed by atoms with Crippen molar-refractivity contribution in [1.29, 1.82) is 0 Å². The fraction of sp³-hybridized carbons (Fsp3) is 0.350. The van der Waals surface area contributed by atoms with Crippen LogP contribution >= 0.6 is 0 Å². The van der Waals surface area contributed by atoms with Gasteiger partial charge in [-0.3, -0.25) is 9.98 Å². The first-order valence-corrected chi connectivity index (χ1v) is 16.5. The summed E-state index contributed by atoms with van der Waals surface area (Å²) in [5.74, 6) is -1.50. The molecule has 0 unspecified atom stereocenters. The minimum Gasteiger partial charge on any atom is -0.869 e. The number of aromatic carboxylic acids is 1. The first-order valence-electron chi connectivity index (χ1n) is 16.5. The van der Waals surface area contributed by atoms with Crippen LogP contribution < -0.4 is 5.11 Å². The molecular weight excluding hydrogens is 645 g/mol. The van der Waals surface area contributed by atoms with Crippen molar-refractivity contribution in [2.24, 2.45) is 9.98 Å². The number of para-hydroxylation sites is 2. The second-order valence-electron chi connectivity index (χ2n) is 12.7. The Morgan fingerprint density at radius 3 is 1.69 bits per heavy atom. The molecule has 5 rings (SSSR count). The number of rotatable bonds is 8. The molecule has 8 heteroatoms. The smallest absolute Gasteiger partial charge is 0.335 e. The number of aliphatic imine (C=N–C) groups is 2. The number of nitrogens with zero attached hydrogens (tertiary/aromatic N) is 3. The standard InChI is InChI=1S/C27H31N3.C13H16O4.Co/c1-18(2)22-12-7-9-14-26(22)28-20(5)24-16-11-17-25(30-24)21(6)29-27-15-10-8-13-23(27)19(3)4;14-10-7-6-9(8-4-2-1-3-5-8)11(12(10)15)13(16)17;/h7-19H,1-6H3;6-8,14-15H,1-5H2,(H,16,17);/p-1. The van der Waals surface area contributed by atoms with Crippen LogP contribution in [0.4, 0.5) is 11.4 Å². The van der Waals surface area contributed by atoms with Gasteiger partial charge in [0.05, 0.1) is 39.7 Å². The Bertz CT molecular complexity index is 1670. The number of benzene rings is 3. The zero-order valence-corrected chi connectivity index (χ0v) is 29.7. The van der Waals surface area contributed by atoms with Crippen LogP contribution in [0.1, 0.15) is 130 Å². The average Bonchev–Trinajstić information content (AvgIpc) is 3.06. The number of aromatic nitrogens is 1. The molecule has 1 aromatic heterocycles. The molecule has 2 N–H and O–H groups in total. The third-order valence-electron chi connectivity index (χ3n) is 8.61. The average molecular weight is 692 g/mol. The van der Waals surface area contributed by atoms with Gasteiger partial charge in [-0.05, 0) is 91.5 Å². The van der Waals surface area contributed by atoms with Crippen molar-refractivity contribution in [3.05, 3.63) is 113 Å². The quantitative estimate of drug-likeness (QED) is 0.178. The van der Waals surface area contributed by atoms with Crippen molar-refractivity contribution in [3.8, 4) is 11.5 Å². The summed E-state index contributed by atoms with van der Waals surface area (Å²) < 4.78 is 0. The van der Waals surface area contributed by atoms with E-state index in [0.29, 0.717) is 17.4 Å². The molecule has 1 saturated carbocycles. The molecule has 7 nitrogen and oxygen atoms in total. The van der Waals surface area contributed by atoms with Gasteiger partial charge in [0.1, 0.15) is 5.75 Å². The molecule has 0 amide bonds. The van der Waals surface area contributed by atoms with Crippen LogP contribution in [-0.2, 0) is 16.8 Å². The summed E-state index contributed by atoms with van der Waals surface area (Å²) in [6.45, 7) is 12.8. The minimum absolute atomic E-state index is 0. The van der Waals surface area contributed by atoms with E-state index in [9.17, 15) is 15.0 Å². The normalized spacial score (nSPS) is 13.9. The van der Waals surface area contributed by atoms with Crippen LogP contribution in [0.2, 0.25) is 0 Å². The van der Waals surface area contributed by atoms with Crippen LogP contribution in [0.5, 0.6) is 11.5 Å². The first-order chi connectivity index (χ1) is 22.5. The summed E-state index contributed by atoms with van der Waals surface area (Å²) in [4.78, 5) is 25.8. The molecule has 0 spiro atoms. The molecule has 1 aliphatic carbocycles. The van der Waals surface area contributed by atoms with Crippen LogP contribution in [0.25, 0.3) is 0 Å². The molecule has 1 heterocycles. The Morgan fingerprint density at radius 1 is 0.750 bits per heavy atom. The van der Waals surface area contributed by atoms with Gasteiger partial charge >= 0.3 is 5.97 Å². The van der Waals surface area contributed by atoms with Crippen LogP contribution in [0, 0.1) is 0 Å². The van der Waals surface area contributed by atoms with E-state index in [4.69, 9.17) is 20.1 Å². The molecule has 48 heavy (non-hydrogen) atoms. The van der Waals surface area contributed by atoms with E-state index in [2.05, 4.69) is 64.1 Å². The van der Waals surface area contributed by atoms with Crippen molar-refractivity contribution in [2.45, 2.75) is 91.4 Å². The summed E-state index contributed by atoms with van der Waals surface area (Å²) in [7, 11) is 0. The van der Waals surface area contributed by atoms with Gasteiger partial charge in [-0.25, -0.2) is 9.78 Å². The number of phenolic OH excluding ortho intramolecular Hbond substituents is 1. The van der Waals surface area contributed by atoms with E-state index in [0.717, 1.165) is 59.9 Å². The number of aromatic hydroxyl groups is 1. The van der Waals surface area contributed by atoms with E-state index >= 15 is 0 Å². The summed E-state index contributed by atoms with van der Waals surface area (Å²) in [6, 6.07) is 25.5. The van der Waals surface area contributed by atoms with Gasteiger partial charge in [-0.1, -0.05) is 101 Å². The van der Waals surface area contributed by atoms with Crippen molar-refractivity contribution < 1.29 is 36.9 Å². The third-order valence-corrected chi connectivity index (χ3v) is 8.61. The second kappa shape index (κ2) is 17.8. The molecule has 4 aromatic rings. The summed E-state index contributed by atoms with van der Waals surface area (Å²) in [5.41, 5.74) is 8.39. The van der Waals surface area contributed by atoms with E-state index < -0.39 is 17.5 Å². The van der Waals surface area contributed by atoms with E-state index in [1.54, 1.807) is 6.07 Å². The molecule has 0 aliphatic heterocycles. The predicted molar refractivity (Wildman–Crippen MR) is 189 cm³/mol. The Balaban J connectivity index is 0.000000295. The van der Waals surface area contributed by atoms with E-state index in [1.165, 1.54) is 23.6 Å². The first kappa shape index (κ1) is 38.2. The Hall–Kier alpha value is -4.27. The van der Waals surface area contributed by atoms with Crippen LogP contribution in [-0.4, -0.2) is 32.6 Å².